The SMILES string of the molecule is CCCC(CNC(=O)c1ccc(C2CCC2)cc1)C(=O)O. The van der Waals surface area contributed by atoms with Crippen LogP contribution >= 0.6 is 0 Å². The molecule has 1 fully saturated rings. The van der Waals surface area contributed by atoms with Gasteiger partial charge in [0.15, 0.2) is 0 Å². The van der Waals surface area contributed by atoms with Crippen LogP contribution in [0.2, 0.25) is 0 Å². The summed E-state index contributed by atoms with van der Waals surface area (Å²) >= 11 is 0. The molecule has 0 aromatic heterocycles. The first kappa shape index (κ1) is 15.5. The maximum atomic E-state index is 12.0. The van der Waals surface area contributed by atoms with Gasteiger partial charge in [-0.15, -0.1) is 0 Å². The molecule has 2 N–H and O–H groups in total. The van der Waals surface area contributed by atoms with Gasteiger partial charge in [-0.3, -0.25) is 9.59 Å². The quantitative estimate of drug-likeness (QED) is 0.810. The third kappa shape index (κ3) is 4.06. The van der Waals surface area contributed by atoms with E-state index in [0.29, 0.717) is 17.9 Å². The lowest BCUT2D eigenvalue weighted by Crippen LogP contribution is -2.32. The van der Waals surface area contributed by atoms with E-state index in [2.05, 4.69) is 5.32 Å². The number of carbonyl (C=O) groups is 2. The molecular formula is C17H23NO3. The second-order valence-electron chi connectivity index (χ2n) is 5.78. The monoisotopic (exact) mass is 289 g/mol. The van der Waals surface area contributed by atoms with E-state index in [-0.39, 0.29) is 12.5 Å². The van der Waals surface area contributed by atoms with E-state index in [1.54, 1.807) is 0 Å². The lowest BCUT2D eigenvalue weighted by Gasteiger charge is -2.25. The number of carbonyl (C=O) groups excluding carboxylic acids is 1. The summed E-state index contributed by atoms with van der Waals surface area (Å²) in [5, 5.41) is 11.8. The summed E-state index contributed by atoms with van der Waals surface area (Å²) < 4.78 is 0. The Bertz CT molecular complexity index is 491. The van der Waals surface area contributed by atoms with Crippen molar-refractivity contribution in [2.45, 2.75) is 44.9 Å². The van der Waals surface area contributed by atoms with Crippen LogP contribution in [0.5, 0.6) is 0 Å². The van der Waals surface area contributed by atoms with Crippen molar-refractivity contribution in [3.63, 3.8) is 0 Å². The molecular weight excluding hydrogens is 266 g/mol. The molecule has 4 heteroatoms. The van der Waals surface area contributed by atoms with Crippen LogP contribution in [0.25, 0.3) is 0 Å². The first-order valence-corrected chi connectivity index (χ1v) is 7.72. The summed E-state index contributed by atoms with van der Waals surface area (Å²) in [5.74, 6) is -0.897. The standard InChI is InChI=1S/C17H23NO3/c1-2-4-15(17(20)21)11-18-16(19)14-9-7-13(8-10-14)12-5-3-6-12/h7-10,12,15H,2-6,11H2,1H3,(H,18,19)(H,20,21). The van der Waals surface area contributed by atoms with Crippen molar-refractivity contribution in [3.8, 4) is 0 Å². The van der Waals surface area contributed by atoms with Crippen LogP contribution < -0.4 is 5.32 Å². The van der Waals surface area contributed by atoms with Crippen LogP contribution in [-0.2, 0) is 4.79 Å². The molecule has 1 aromatic carbocycles. The Hall–Kier alpha value is -1.84. The lowest BCUT2D eigenvalue weighted by atomic mass is 9.80. The van der Waals surface area contributed by atoms with Gasteiger partial charge in [0.25, 0.3) is 5.91 Å². The molecule has 1 atom stereocenters. The second-order valence-corrected chi connectivity index (χ2v) is 5.78. The first-order valence-electron chi connectivity index (χ1n) is 7.72. The summed E-state index contributed by atoms with van der Waals surface area (Å²) in [4.78, 5) is 23.1. The average Bonchev–Trinajstić information content (AvgIpc) is 2.41. The number of carboxylic acids is 1. The van der Waals surface area contributed by atoms with E-state index in [1.165, 1.54) is 24.8 Å². The van der Waals surface area contributed by atoms with Crippen LogP contribution in [0.4, 0.5) is 0 Å². The molecule has 1 aromatic rings. The van der Waals surface area contributed by atoms with E-state index in [0.717, 1.165) is 6.42 Å². The predicted molar refractivity (Wildman–Crippen MR) is 81.4 cm³/mol. The highest BCUT2D eigenvalue weighted by Crippen LogP contribution is 2.36. The molecule has 0 saturated heterocycles. The van der Waals surface area contributed by atoms with E-state index >= 15 is 0 Å². The lowest BCUT2D eigenvalue weighted by molar-refractivity contribution is -0.141. The fraction of sp³-hybridized carbons (Fsp3) is 0.529. The molecule has 21 heavy (non-hydrogen) atoms. The fourth-order valence-corrected chi connectivity index (χ4v) is 2.63. The molecule has 0 heterocycles. The predicted octanol–water partition coefficient (Wildman–Crippen LogP) is 3.18. The highest BCUT2D eigenvalue weighted by molar-refractivity contribution is 5.94. The van der Waals surface area contributed by atoms with Crippen molar-refractivity contribution in [2.24, 2.45) is 5.92 Å². The van der Waals surface area contributed by atoms with Crippen LogP contribution in [0.15, 0.2) is 24.3 Å². The number of hydrogen-bond donors (Lipinski definition) is 2. The van der Waals surface area contributed by atoms with Crippen LogP contribution in [-0.4, -0.2) is 23.5 Å². The number of amides is 1. The van der Waals surface area contributed by atoms with Crippen molar-refractivity contribution in [2.75, 3.05) is 6.54 Å². The zero-order valence-corrected chi connectivity index (χ0v) is 12.5. The molecule has 0 radical (unpaired) electrons. The number of carboxylic acid groups (broad SMARTS) is 1. The zero-order chi connectivity index (χ0) is 15.2. The Morgan fingerprint density at radius 1 is 1.29 bits per heavy atom. The Kier molecular flexibility index (Phi) is 5.37. The molecule has 2 rings (SSSR count). The maximum Gasteiger partial charge on any atom is 0.308 e. The smallest absolute Gasteiger partial charge is 0.308 e. The number of rotatable bonds is 7. The van der Waals surface area contributed by atoms with Gasteiger partial charge in [0.05, 0.1) is 5.92 Å². The van der Waals surface area contributed by atoms with Gasteiger partial charge in [-0.05, 0) is 42.9 Å². The highest BCUT2D eigenvalue weighted by atomic mass is 16.4. The Morgan fingerprint density at radius 2 is 1.95 bits per heavy atom. The van der Waals surface area contributed by atoms with Gasteiger partial charge >= 0.3 is 5.97 Å². The average molecular weight is 289 g/mol. The Labute approximate surface area is 125 Å². The van der Waals surface area contributed by atoms with E-state index < -0.39 is 11.9 Å². The molecule has 4 nitrogen and oxygen atoms in total. The van der Waals surface area contributed by atoms with Gasteiger partial charge in [0.1, 0.15) is 0 Å². The summed E-state index contributed by atoms with van der Waals surface area (Å²) in [6.45, 7) is 2.13. The number of aliphatic carboxylic acids is 1. The molecule has 1 unspecified atom stereocenters. The molecule has 1 aliphatic rings. The van der Waals surface area contributed by atoms with Crippen molar-refractivity contribution >= 4 is 11.9 Å². The largest absolute Gasteiger partial charge is 0.481 e. The van der Waals surface area contributed by atoms with Crippen molar-refractivity contribution in [1.29, 1.82) is 0 Å². The van der Waals surface area contributed by atoms with Crippen molar-refractivity contribution in [3.05, 3.63) is 35.4 Å². The third-order valence-electron chi connectivity index (χ3n) is 4.24. The minimum atomic E-state index is -0.850. The van der Waals surface area contributed by atoms with E-state index in [1.807, 2.05) is 31.2 Å². The van der Waals surface area contributed by atoms with Crippen molar-refractivity contribution < 1.29 is 14.7 Å². The van der Waals surface area contributed by atoms with Gasteiger partial charge < -0.3 is 10.4 Å². The normalized spacial score (nSPS) is 16.0. The van der Waals surface area contributed by atoms with Gasteiger partial charge in [-0.1, -0.05) is 31.9 Å². The number of hydrogen-bond acceptors (Lipinski definition) is 2. The zero-order valence-electron chi connectivity index (χ0n) is 12.5. The summed E-state index contributed by atoms with van der Waals surface area (Å²) in [5.41, 5.74) is 1.89. The molecule has 0 aliphatic heterocycles. The molecule has 0 bridgehead atoms. The van der Waals surface area contributed by atoms with E-state index in [9.17, 15) is 9.59 Å². The minimum Gasteiger partial charge on any atom is -0.481 e. The molecule has 1 aliphatic carbocycles. The minimum absolute atomic E-state index is 0.187. The molecule has 114 valence electrons. The topological polar surface area (TPSA) is 66.4 Å². The van der Waals surface area contributed by atoms with Crippen LogP contribution in [0.1, 0.15) is 60.9 Å². The molecule has 1 saturated carbocycles. The van der Waals surface area contributed by atoms with Gasteiger partial charge in [-0.25, -0.2) is 0 Å². The van der Waals surface area contributed by atoms with Crippen LogP contribution in [0.3, 0.4) is 0 Å². The van der Waals surface area contributed by atoms with Crippen molar-refractivity contribution in [1.82, 2.24) is 5.32 Å². The Morgan fingerprint density at radius 3 is 2.43 bits per heavy atom. The fourth-order valence-electron chi connectivity index (χ4n) is 2.63. The number of benzene rings is 1. The first-order chi connectivity index (χ1) is 10.1. The van der Waals surface area contributed by atoms with Crippen LogP contribution in [0, 0.1) is 5.92 Å². The highest BCUT2D eigenvalue weighted by Gasteiger charge is 2.20. The number of nitrogens with one attached hydrogen (secondary N) is 1. The summed E-state index contributed by atoms with van der Waals surface area (Å²) in [7, 11) is 0. The van der Waals surface area contributed by atoms with Gasteiger partial charge in [0.2, 0.25) is 0 Å². The molecule has 1 amide bonds. The van der Waals surface area contributed by atoms with Gasteiger partial charge in [0, 0.05) is 12.1 Å². The third-order valence-corrected chi connectivity index (χ3v) is 4.24. The summed E-state index contributed by atoms with van der Waals surface area (Å²) in [6, 6.07) is 7.69. The maximum absolute atomic E-state index is 12.0. The molecule has 0 spiro atoms. The van der Waals surface area contributed by atoms with Gasteiger partial charge in [-0.2, -0.15) is 0 Å². The second kappa shape index (κ2) is 7.25. The van der Waals surface area contributed by atoms with E-state index in [4.69, 9.17) is 5.11 Å². The summed E-state index contributed by atoms with van der Waals surface area (Å²) in [6.07, 6.45) is 5.14. The Balaban J connectivity index is 1.88.